The van der Waals surface area contributed by atoms with Gasteiger partial charge in [0.15, 0.2) is 0 Å². The van der Waals surface area contributed by atoms with Gasteiger partial charge < -0.3 is 15.8 Å². The van der Waals surface area contributed by atoms with Crippen molar-refractivity contribution in [2.45, 2.75) is 25.3 Å². The second-order valence-corrected chi connectivity index (χ2v) is 5.32. The fraction of sp³-hybridized carbons (Fsp3) is 0.462. The summed E-state index contributed by atoms with van der Waals surface area (Å²) < 4.78 is 5.40. The molecule has 0 saturated carbocycles. The molecule has 1 aromatic rings. The fourth-order valence-electron chi connectivity index (χ4n) is 2.09. The molecule has 3 N–H and O–H groups in total. The summed E-state index contributed by atoms with van der Waals surface area (Å²) in [5, 5.41) is 3.35. The molecule has 4 nitrogen and oxygen atoms in total. The number of carbonyl (C=O) groups is 1. The number of carbonyl (C=O) groups excluding carboxylic acids is 1. The Balaban J connectivity index is 2.11. The summed E-state index contributed by atoms with van der Waals surface area (Å²) >= 11 is 6.02. The van der Waals surface area contributed by atoms with Crippen LogP contribution in [0.2, 0.25) is 5.02 Å². The van der Waals surface area contributed by atoms with Crippen molar-refractivity contribution in [2.24, 2.45) is 0 Å². The minimum atomic E-state index is -0.319. The van der Waals surface area contributed by atoms with E-state index in [9.17, 15) is 4.79 Å². The molecular formula is C13H17ClN2O2. The van der Waals surface area contributed by atoms with Crippen LogP contribution in [0.25, 0.3) is 0 Å². The van der Waals surface area contributed by atoms with E-state index < -0.39 is 0 Å². The van der Waals surface area contributed by atoms with E-state index in [1.807, 2.05) is 6.92 Å². The lowest BCUT2D eigenvalue weighted by Crippen LogP contribution is -2.51. The van der Waals surface area contributed by atoms with Gasteiger partial charge in [-0.3, -0.25) is 4.79 Å². The predicted molar refractivity (Wildman–Crippen MR) is 71.8 cm³/mol. The summed E-state index contributed by atoms with van der Waals surface area (Å²) in [6, 6.07) is 4.89. The van der Waals surface area contributed by atoms with Gasteiger partial charge in [0.25, 0.3) is 5.91 Å². The zero-order chi connectivity index (χ0) is 13.2. The lowest BCUT2D eigenvalue weighted by molar-refractivity contribution is 0.0273. The third kappa shape index (κ3) is 2.94. The van der Waals surface area contributed by atoms with E-state index in [-0.39, 0.29) is 11.4 Å². The molecular weight excluding hydrogens is 252 g/mol. The average molecular weight is 269 g/mol. The highest BCUT2D eigenvalue weighted by molar-refractivity contribution is 6.34. The van der Waals surface area contributed by atoms with Gasteiger partial charge >= 0.3 is 0 Å². The van der Waals surface area contributed by atoms with Crippen LogP contribution in [0.5, 0.6) is 0 Å². The van der Waals surface area contributed by atoms with Crippen molar-refractivity contribution >= 4 is 23.2 Å². The SMILES string of the molecule is CC1(NC(=O)c2ccc(N)cc2Cl)CCCOC1. The van der Waals surface area contributed by atoms with Crippen LogP contribution in [0.4, 0.5) is 5.69 Å². The van der Waals surface area contributed by atoms with Gasteiger partial charge in [0.1, 0.15) is 0 Å². The van der Waals surface area contributed by atoms with Crippen LogP contribution < -0.4 is 11.1 Å². The molecule has 1 atom stereocenters. The highest BCUT2D eigenvalue weighted by Crippen LogP contribution is 2.22. The minimum absolute atomic E-state index is 0.187. The number of hydrogen-bond acceptors (Lipinski definition) is 3. The van der Waals surface area contributed by atoms with Crippen LogP contribution in [-0.4, -0.2) is 24.7 Å². The first-order valence-corrected chi connectivity index (χ1v) is 6.33. The third-order valence-corrected chi connectivity index (χ3v) is 3.40. The molecule has 1 unspecified atom stereocenters. The number of nitrogens with one attached hydrogen (secondary N) is 1. The van der Waals surface area contributed by atoms with E-state index in [0.29, 0.717) is 22.9 Å². The quantitative estimate of drug-likeness (QED) is 0.809. The van der Waals surface area contributed by atoms with Crippen molar-refractivity contribution < 1.29 is 9.53 Å². The molecule has 1 aromatic carbocycles. The number of amides is 1. The number of nitrogens with two attached hydrogens (primary N) is 1. The first-order chi connectivity index (χ1) is 8.50. The molecule has 1 fully saturated rings. The first kappa shape index (κ1) is 13.2. The molecule has 1 heterocycles. The van der Waals surface area contributed by atoms with Crippen molar-refractivity contribution in [1.82, 2.24) is 5.32 Å². The Bertz CT molecular complexity index is 456. The monoisotopic (exact) mass is 268 g/mol. The summed E-state index contributed by atoms with van der Waals surface area (Å²) in [6.45, 7) is 3.27. The summed E-state index contributed by atoms with van der Waals surface area (Å²) in [5.74, 6) is -0.187. The van der Waals surface area contributed by atoms with Gasteiger partial charge in [-0.1, -0.05) is 11.6 Å². The van der Waals surface area contributed by atoms with Crippen molar-refractivity contribution in [1.29, 1.82) is 0 Å². The number of halogens is 1. The van der Waals surface area contributed by atoms with Crippen LogP contribution in [-0.2, 0) is 4.74 Å². The highest BCUT2D eigenvalue weighted by atomic mass is 35.5. The molecule has 1 aliphatic rings. The Labute approximate surface area is 111 Å². The standard InChI is InChI=1S/C13H17ClN2O2/c1-13(5-2-6-18-8-13)16-12(17)10-4-3-9(15)7-11(10)14/h3-4,7H,2,5-6,8,15H2,1H3,(H,16,17). The van der Waals surface area contributed by atoms with Crippen LogP contribution in [0, 0.1) is 0 Å². The second-order valence-electron chi connectivity index (χ2n) is 4.91. The predicted octanol–water partition coefficient (Wildman–Crippen LogP) is 2.22. The highest BCUT2D eigenvalue weighted by Gasteiger charge is 2.30. The van der Waals surface area contributed by atoms with Crippen molar-refractivity contribution in [3.05, 3.63) is 28.8 Å². The maximum Gasteiger partial charge on any atom is 0.253 e. The molecule has 5 heteroatoms. The van der Waals surface area contributed by atoms with Crippen molar-refractivity contribution in [2.75, 3.05) is 18.9 Å². The molecule has 1 saturated heterocycles. The fourth-order valence-corrected chi connectivity index (χ4v) is 2.36. The molecule has 98 valence electrons. The molecule has 1 aliphatic heterocycles. The van der Waals surface area contributed by atoms with Gasteiger partial charge in [0.05, 0.1) is 22.7 Å². The van der Waals surface area contributed by atoms with Crippen molar-refractivity contribution in [3.63, 3.8) is 0 Å². The van der Waals surface area contributed by atoms with Gasteiger partial charge in [-0.25, -0.2) is 0 Å². The normalized spacial score (nSPS) is 23.7. The lowest BCUT2D eigenvalue weighted by atomic mass is 9.94. The average Bonchev–Trinajstić information content (AvgIpc) is 2.28. The van der Waals surface area contributed by atoms with E-state index in [4.69, 9.17) is 22.1 Å². The molecule has 0 spiro atoms. The van der Waals surface area contributed by atoms with E-state index in [1.165, 1.54) is 0 Å². The van der Waals surface area contributed by atoms with E-state index in [2.05, 4.69) is 5.32 Å². The Kier molecular flexibility index (Phi) is 3.78. The number of nitrogen functional groups attached to an aromatic ring is 1. The Morgan fingerprint density at radius 1 is 1.56 bits per heavy atom. The van der Waals surface area contributed by atoms with Gasteiger partial charge in [0, 0.05) is 12.3 Å². The number of ether oxygens (including phenoxy) is 1. The smallest absolute Gasteiger partial charge is 0.253 e. The molecule has 18 heavy (non-hydrogen) atoms. The van der Waals surface area contributed by atoms with E-state index in [1.54, 1.807) is 18.2 Å². The topological polar surface area (TPSA) is 64.4 Å². The number of anilines is 1. The molecule has 0 aromatic heterocycles. The Morgan fingerprint density at radius 3 is 2.94 bits per heavy atom. The minimum Gasteiger partial charge on any atom is -0.399 e. The first-order valence-electron chi connectivity index (χ1n) is 5.95. The van der Waals surface area contributed by atoms with Gasteiger partial charge in [-0.15, -0.1) is 0 Å². The lowest BCUT2D eigenvalue weighted by Gasteiger charge is -2.34. The Morgan fingerprint density at radius 2 is 2.33 bits per heavy atom. The Hall–Kier alpha value is -1.26. The molecule has 1 amide bonds. The van der Waals surface area contributed by atoms with Crippen molar-refractivity contribution in [3.8, 4) is 0 Å². The molecule has 0 bridgehead atoms. The summed E-state index contributed by atoms with van der Waals surface area (Å²) in [7, 11) is 0. The van der Waals surface area contributed by atoms with Gasteiger partial charge in [-0.05, 0) is 38.0 Å². The molecule has 0 radical (unpaired) electrons. The number of hydrogen-bond donors (Lipinski definition) is 2. The third-order valence-electron chi connectivity index (χ3n) is 3.09. The number of rotatable bonds is 2. The van der Waals surface area contributed by atoms with Crippen LogP contribution in [0.1, 0.15) is 30.1 Å². The van der Waals surface area contributed by atoms with Crippen LogP contribution in [0.15, 0.2) is 18.2 Å². The summed E-state index contributed by atoms with van der Waals surface area (Å²) in [6.07, 6.45) is 1.86. The maximum atomic E-state index is 12.2. The van der Waals surface area contributed by atoms with Gasteiger partial charge in [-0.2, -0.15) is 0 Å². The zero-order valence-corrected chi connectivity index (χ0v) is 11.1. The summed E-state index contributed by atoms with van der Waals surface area (Å²) in [5.41, 5.74) is 6.27. The number of benzene rings is 1. The molecule has 2 rings (SSSR count). The van der Waals surface area contributed by atoms with E-state index >= 15 is 0 Å². The maximum absolute atomic E-state index is 12.2. The second kappa shape index (κ2) is 5.16. The zero-order valence-electron chi connectivity index (χ0n) is 10.3. The summed E-state index contributed by atoms with van der Waals surface area (Å²) in [4.78, 5) is 12.2. The largest absolute Gasteiger partial charge is 0.399 e. The van der Waals surface area contributed by atoms with Gasteiger partial charge in [0.2, 0.25) is 0 Å². The van der Waals surface area contributed by atoms with Crippen LogP contribution >= 0.6 is 11.6 Å². The molecule has 0 aliphatic carbocycles. The van der Waals surface area contributed by atoms with Crippen LogP contribution in [0.3, 0.4) is 0 Å². The van der Waals surface area contributed by atoms with E-state index in [0.717, 1.165) is 19.4 Å².